The van der Waals surface area contributed by atoms with Crippen LogP contribution in [0.2, 0.25) is 0 Å². The van der Waals surface area contributed by atoms with E-state index in [1.807, 2.05) is 0 Å². The predicted octanol–water partition coefficient (Wildman–Crippen LogP) is 0.800. The van der Waals surface area contributed by atoms with E-state index in [-0.39, 0.29) is 10.9 Å². The molecule has 19 heavy (non-hydrogen) atoms. The molecule has 8 heteroatoms. The first-order valence-corrected chi connectivity index (χ1v) is 7.32. The van der Waals surface area contributed by atoms with E-state index in [0.29, 0.717) is 11.4 Å². The monoisotopic (exact) mass is 283 g/mol. The number of aryl methyl sites for hydroxylation is 2. The maximum absolute atomic E-state index is 12.4. The Hall–Kier alpha value is -1.67. The third kappa shape index (κ3) is 2.54. The number of hydrogen-bond donors (Lipinski definition) is 2. The van der Waals surface area contributed by atoms with E-state index in [2.05, 4.69) is 20.0 Å². The van der Waals surface area contributed by atoms with Gasteiger partial charge in [0.15, 0.2) is 0 Å². The second-order valence-corrected chi connectivity index (χ2v) is 6.15. The van der Waals surface area contributed by atoms with Crippen LogP contribution in [0.1, 0.15) is 29.9 Å². The minimum atomic E-state index is -3.60. The van der Waals surface area contributed by atoms with Crippen molar-refractivity contribution in [2.75, 3.05) is 0 Å². The zero-order valence-electron chi connectivity index (χ0n) is 11.3. The molecule has 2 rings (SSSR count). The largest absolute Gasteiger partial charge is 0.285 e. The predicted molar refractivity (Wildman–Crippen MR) is 70.0 cm³/mol. The highest BCUT2D eigenvalue weighted by molar-refractivity contribution is 7.89. The Morgan fingerprint density at radius 1 is 1.42 bits per heavy atom. The van der Waals surface area contributed by atoms with Gasteiger partial charge in [0.1, 0.15) is 4.90 Å². The number of hydrogen-bond acceptors (Lipinski definition) is 4. The molecule has 0 saturated heterocycles. The third-order valence-corrected chi connectivity index (χ3v) is 4.85. The van der Waals surface area contributed by atoms with Gasteiger partial charge in [0.25, 0.3) is 0 Å². The number of aromatic amines is 1. The lowest BCUT2D eigenvalue weighted by Gasteiger charge is -2.12. The molecule has 2 aromatic heterocycles. The molecule has 2 N–H and O–H groups in total. The van der Waals surface area contributed by atoms with E-state index in [1.54, 1.807) is 44.9 Å². The summed E-state index contributed by atoms with van der Waals surface area (Å²) in [7, 11) is -1.88. The molecule has 0 aromatic carbocycles. The molecule has 0 aliphatic rings. The zero-order chi connectivity index (χ0) is 14.2. The lowest BCUT2D eigenvalue weighted by molar-refractivity contribution is 0.565. The van der Waals surface area contributed by atoms with Crippen molar-refractivity contribution >= 4 is 10.0 Å². The Kier molecular flexibility index (Phi) is 3.46. The van der Waals surface area contributed by atoms with E-state index in [1.165, 1.54) is 0 Å². The van der Waals surface area contributed by atoms with Gasteiger partial charge in [0, 0.05) is 24.8 Å². The summed E-state index contributed by atoms with van der Waals surface area (Å²) in [6, 6.07) is -0.359. The second kappa shape index (κ2) is 4.78. The Bertz CT molecular complexity index is 672. The average Bonchev–Trinajstić information content (AvgIpc) is 2.87. The summed E-state index contributed by atoms with van der Waals surface area (Å²) in [6.45, 7) is 5.19. The number of sulfonamides is 1. The van der Waals surface area contributed by atoms with Gasteiger partial charge in [-0.1, -0.05) is 0 Å². The normalized spacial score (nSPS) is 13.7. The van der Waals surface area contributed by atoms with Gasteiger partial charge in [-0.05, 0) is 20.8 Å². The van der Waals surface area contributed by atoms with E-state index in [9.17, 15) is 8.42 Å². The maximum Gasteiger partial charge on any atom is 0.244 e. The van der Waals surface area contributed by atoms with Gasteiger partial charge in [0.2, 0.25) is 10.0 Å². The fourth-order valence-corrected chi connectivity index (χ4v) is 3.67. The summed E-state index contributed by atoms with van der Waals surface area (Å²) in [5, 5.41) is 10.6. The minimum Gasteiger partial charge on any atom is -0.285 e. The molecular weight excluding hydrogens is 266 g/mol. The van der Waals surface area contributed by atoms with Crippen LogP contribution in [0, 0.1) is 13.8 Å². The van der Waals surface area contributed by atoms with E-state index in [0.717, 1.165) is 5.56 Å². The smallest absolute Gasteiger partial charge is 0.244 e. The summed E-state index contributed by atoms with van der Waals surface area (Å²) in [5.74, 6) is 0. The van der Waals surface area contributed by atoms with Crippen LogP contribution >= 0.6 is 0 Å². The van der Waals surface area contributed by atoms with Gasteiger partial charge < -0.3 is 0 Å². The molecular formula is C11H17N5O2S. The van der Waals surface area contributed by atoms with E-state index >= 15 is 0 Å². The Balaban J connectivity index is 2.33. The average molecular weight is 283 g/mol. The molecule has 7 nitrogen and oxygen atoms in total. The molecule has 0 saturated carbocycles. The quantitative estimate of drug-likeness (QED) is 0.868. The summed E-state index contributed by atoms with van der Waals surface area (Å²) in [5.41, 5.74) is 1.89. The number of nitrogens with one attached hydrogen (secondary N) is 2. The van der Waals surface area contributed by atoms with Crippen molar-refractivity contribution in [3.05, 3.63) is 29.3 Å². The fourth-order valence-electron chi connectivity index (χ4n) is 2.00. The number of H-pyrrole nitrogens is 1. The van der Waals surface area contributed by atoms with Crippen molar-refractivity contribution < 1.29 is 8.42 Å². The van der Waals surface area contributed by atoms with Crippen LogP contribution in [0.4, 0.5) is 0 Å². The van der Waals surface area contributed by atoms with E-state index < -0.39 is 10.0 Å². The topological polar surface area (TPSA) is 92.7 Å². The van der Waals surface area contributed by atoms with Crippen molar-refractivity contribution in [3.63, 3.8) is 0 Å². The molecule has 0 spiro atoms. The van der Waals surface area contributed by atoms with Crippen LogP contribution < -0.4 is 4.72 Å². The van der Waals surface area contributed by atoms with Crippen molar-refractivity contribution in [1.82, 2.24) is 24.7 Å². The third-order valence-electron chi connectivity index (χ3n) is 3.06. The van der Waals surface area contributed by atoms with Crippen LogP contribution in [0.3, 0.4) is 0 Å². The van der Waals surface area contributed by atoms with Crippen LogP contribution in [0.5, 0.6) is 0 Å². The lowest BCUT2D eigenvalue weighted by atomic mass is 10.2. The molecule has 0 bridgehead atoms. The molecule has 0 fully saturated rings. The lowest BCUT2D eigenvalue weighted by Crippen LogP contribution is -2.27. The molecule has 0 aliphatic carbocycles. The zero-order valence-corrected chi connectivity index (χ0v) is 12.1. The Labute approximate surface area is 112 Å². The first-order chi connectivity index (χ1) is 8.83. The van der Waals surface area contributed by atoms with Crippen LogP contribution in [0.25, 0.3) is 0 Å². The standard InChI is InChI=1S/C11H17N5O2S/c1-7(10-5-12-13-6-10)15-19(17,18)11-8(2)14-16(4)9(11)3/h5-7,15H,1-4H3,(H,12,13). The van der Waals surface area contributed by atoms with Gasteiger partial charge in [0.05, 0.1) is 17.6 Å². The Morgan fingerprint density at radius 3 is 2.58 bits per heavy atom. The molecule has 0 aliphatic heterocycles. The van der Waals surface area contributed by atoms with Gasteiger partial charge >= 0.3 is 0 Å². The molecule has 2 aromatic rings. The molecule has 2 heterocycles. The first kappa shape index (κ1) is 13.8. The van der Waals surface area contributed by atoms with Gasteiger partial charge in [-0.2, -0.15) is 10.2 Å². The molecule has 1 atom stereocenters. The second-order valence-electron chi connectivity index (χ2n) is 4.50. The molecule has 104 valence electrons. The fraction of sp³-hybridized carbons (Fsp3) is 0.455. The SMILES string of the molecule is Cc1nn(C)c(C)c1S(=O)(=O)NC(C)c1cn[nH]c1. The van der Waals surface area contributed by atoms with Gasteiger partial charge in [-0.3, -0.25) is 9.78 Å². The number of rotatable bonds is 4. The van der Waals surface area contributed by atoms with Gasteiger partial charge in [-0.15, -0.1) is 0 Å². The van der Waals surface area contributed by atoms with Crippen LogP contribution in [-0.2, 0) is 17.1 Å². The van der Waals surface area contributed by atoms with Crippen LogP contribution in [0.15, 0.2) is 17.3 Å². The number of nitrogens with zero attached hydrogens (tertiary/aromatic N) is 3. The van der Waals surface area contributed by atoms with Crippen molar-refractivity contribution in [3.8, 4) is 0 Å². The van der Waals surface area contributed by atoms with Gasteiger partial charge in [-0.25, -0.2) is 13.1 Å². The van der Waals surface area contributed by atoms with E-state index in [4.69, 9.17) is 0 Å². The molecule has 1 unspecified atom stereocenters. The van der Waals surface area contributed by atoms with Crippen molar-refractivity contribution in [1.29, 1.82) is 0 Å². The molecule has 0 radical (unpaired) electrons. The van der Waals surface area contributed by atoms with Crippen LogP contribution in [-0.4, -0.2) is 28.4 Å². The van der Waals surface area contributed by atoms with Crippen molar-refractivity contribution in [2.45, 2.75) is 31.7 Å². The highest BCUT2D eigenvalue weighted by Crippen LogP contribution is 2.21. The molecule has 0 amide bonds. The maximum atomic E-state index is 12.4. The summed E-state index contributed by atoms with van der Waals surface area (Å²) >= 11 is 0. The number of aromatic nitrogens is 4. The summed E-state index contributed by atoms with van der Waals surface area (Å²) in [6.07, 6.45) is 3.26. The highest BCUT2D eigenvalue weighted by Gasteiger charge is 2.25. The van der Waals surface area contributed by atoms with Crippen molar-refractivity contribution in [2.24, 2.45) is 7.05 Å². The minimum absolute atomic E-state index is 0.241. The Morgan fingerprint density at radius 2 is 2.11 bits per heavy atom. The summed E-state index contributed by atoms with van der Waals surface area (Å²) < 4.78 is 29.0. The first-order valence-electron chi connectivity index (χ1n) is 5.84. The highest BCUT2D eigenvalue weighted by atomic mass is 32.2. The summed E-state index contributed by atoms with van der Waals surface area (Å²) in [4.78, 5) is 0.241.